The fourth-order valence-electron chi connectivity index (χ4n) is 11.6. The van der Waals surface area contributed by atoms with E-state index in [1.165, 1.54) is 75.7 Å². The van der Waals surface area contributed by atoms with Crippen LogP contribution in [0.1, 0.15) is 109 Å². The minimum absolute atomic E-state index is 0.00307. The van der Waals surface area contributed by atoms with E-state index in [-0.39, 0.29) is 127 Å². The maximum atomic E-state index is 13.5. The zero-order valence-corrected chi connectivity index (χ0v) is 69.1. The lowest BCUT2D eigenvalue weighted by atomic mass is 9.98. The minimum atomic E-state index is -5.08. The Morgan fingerprint density at radius 1 is 0.306 bits per heavy atom. The maximum absolute atomic E-state index is 13.5. The second-order valence-electron chi connectivity index (χ2n) is 25.8. The van der Waals surface area contributed by atoms with E-state index in [0.717, 1.165) is 72.5 Å². The number of carbonyl (C=O) groups is 5. The van der Waals surface area contributed by atoms with Gasteiger partial charge in [-0.15, -0.1) is 56.7 Å². The first kappa shape index (κ1) is 92.5. The third kappa shape index (κ3) is 20.7. The highest BCUT2D eigenvalue weighted by molar-refractivity contribution is 7.22. The number of anilines is 5. The van der Waals surface area contributed by atoms with Gasteiger partial charge in [0, 0.05) is 85.9 Å². The normalized spacial score (nSPS) is 11.9. The summed E-state index contributed by atoms with van der Waals surface area (Å²) >= 11 is 17.9. The smallest absolute Gasteiger partial charge is 0.368 e. The van der Waals surface area contributed by atoms with Crippen molar-refractivity contribution in [2.45, 2.75) is 64.8 Å². The number of aromatic nitrogens is 10. The number of hydrogen-bond donors (Lipinski definition) is 6. The molecule has 0 unspecified atom stereocenters. The number of nitrogens with two attached hydrogens (primary N) is 3. The van der Waals surface area contributed by atoms with E-state index in [0.29, 0.717) is 66.6 Å². The topological polar surface area (TPSA) is 328 Å². The van der Waals surface area contributed by atoms with Crippen LogP contribution in [0.4, 0.5) is 109 Å². The van der Waals surface area contributed by atoms with Gasteiger partial charge in [0.25, 0.3) is 5.91 Å². The number of nitrogens with one attached hydrogen (secondary N) is 3. The summed E-state index contributed by atoms with van der Waals surface area (Å²) in [5.41, 5.74) is 8.54. The first-order valence-electron chi connectivity index (χ1n) is 34.7. The van der Waals surface area contributed by atoms with Crippen molar-refractivity contribution in [1.29, 1.82) is 0 Å². The van der Waals surface area contributed by atoms with Gasteiger partial charge in [-0.1, -0.05) is 77.8 Å². The predicted molar refractivity (Wildman–Crippen MR) is 440 cm³/mol. The van der Waals surface area contributed by atoms with Gasteiger partial charge < -0.3 is 33.2 Å². The molecular formula is C78H52Cl2F18N16O5S5. The predicted octanol–water partition coefficient (Wildman–Crippen LogP) is 23.2. The highest BCUT2D eigenvalue weighted by Crippen LogP contribution is 2.49. The van der Waals surface area contributed by atoms with Crippen molar-refractivity contribution < 1.29 is 103 Å². The zero-order valence-electron chi connectivity index (χ0n) is 63.5. The molecule has 0 radical (unpaired) electrons. The van der Waals surface area contributed by atoms with Gasteiger partial charge >= 0.3 is 37.1 Å². The quantitative estimate of drug-likeness (QED) is 0.0489. The van der Waals surface area contributed by atoms with Crippen molar-refractivity contribution in [3.8, 4) is 56.3 Å². The van der Waals surface area contributed by atoms with Gasteiger partial charge in [0.2, 0.25) is 29.7 Å². The van der Waals surface area contributed by atoms with E-state index >= 15 is 0 Å². The third-order valence-electron chi connectivity index (χ3n) is 17.3. The van der Waals surface area contributed by atoms with E-state index in [9.17, 15) is 103 Å². The average Bonchev–Trinajstić information content (AvgIpc) is 1.41. The van der Waals surface area contributed by atoms with Crippen LogP contribution in [0.2, 0.25) is 10.0 Å². The molecule has 124 heavy (non-hydrogen) atoms. The molecule has 0 spiro atoms. The molecule has 10 aromatic heterocycles. The van der Waals surface area contributed by atoms with Crippen molar-refractivity contribution in [3.63, 3.8) is 0 Å². The molecule has 9 N–H and O–H groups in total. The summed E-state index contributed by atoms with van der Waals surface area (Å²) < 4.78 is 237. The highest BCUT2D eigenvalue weighted by atomic mass is 35.5. The van der Waals surface area contributed by atoms with Crippen LogP contribution in [0.3, 0.4) is 0 Å². The van der Waals surface area contributed by atoms with Gasteiger partial charge in [0.05, 0.1) is 86.2 Å². The molecule has 0 atom stereocenters. The number of rotatable bonds is 12. The Kier molecular flexibility index (Phi) is 26.8. The Hall–Kier alpha value is -12.2. The van der Waals surface area contributed by atoms with Crippen LogP contribution >= 0.6 is 79.9 Å². The number of Topliss-reactive ketones (excluding diaryl/α,β-unsaturated/α-hetero) is 4. The standard InChI is InChI=1S/C17H11F6N3OS.C16H10F6N4OS.C16H9F6N3OS.C15H12ClN3OS.C14H10ClN3OS/c1-7(27)12-6-10-13(25-15(24-2)26-14(10)28-12)9-4-3-8(16(18,19)20)5-11(9)17(21,22)23;1-24-12(27)10-5-8-11(25-14(23)26-13(8)28-10)7-3-2-6(15(17,18)19)4-9(7)16(20,21)22;1-6(26)11-5-9-12(24-14(23)25-13(9)27-11)8-3-2-7(15(17,18)19)4-10(8)16(20,21)22;1-8(20)12-7-10-13(9-5-3-4-6-11(9)16)18-15(17-2)19-14(10)21-12;1-7(19)11-6-9-12(8-4-2-3-5-10(8)15)17-14(16)18-13(9)20-11/h3-6H,1-2H3,(H,24,25,26);2-5H,1H3,(H,24,27)(H2,23,25,26);2-5H,1H3,(H2,23,24,25);3-7H,1-2H3,(H,17,18,19);2-6H,1H3,(H2,16,17,18). The van der Waals surface area contributed by atoms with Crippen molar-refractivity contribution in [3.05, 3.63) is 201 Å². The number of hydrogen-bond acceptors (Lipinski definition) is 25. The van der Waals surface area contributed by atoms with Crippen LogP contribution in [-0.4, -0.2) is 100 Å². The first-order chi connectivity index (χ1) is 57.9. The van der Waals surface area contributed by atoms with Crippen LogP contribution in [-0.2, 0) is 37.1 Å². The molecule has 0 saturated carbocycles. The molecule has 15 rings (SSSR count). The van der Waals surface area contributed by atoms with Crippen LogP contribution in [0.5, 0.6) is 0 Å². The molecule has 644 valence electrons. The summed E-state index contributed by atoms with van der Waals surface area (Å²) in [7, 11) is 4.57. The number of thiophene rings is 5. The average molecular weight is 1870 g/mol. The zero-order chi connectivity index (χ0) is 91.1. The Bertz CT molecular complexity index is 6720. The van der Waals surface area contributed by atoms with Crippen LogP contribution in [0.25, 0.3) is 107 Å². The van der Waals surface area contributed by atoms with Crippen molar-refractivity contribution in [2.75, 3.05) is 49.0 Å². The highest BCUT2D eigenvalue weighted by Gasteiger charge is 2.43. The van der Waals surface area contributed by atoms with E-state index in [1.54, 1.807) is 26.1 Å². The number of fused-ring (bicyclic) bond motifs is 5. The summed E-state index contributed by atoms with van der Waals surface area (Å²) in [4.78, 5) is 103. The van der Waals surface area contributed by atoms with E-state index in [4.69, 9.17) is 40.4 Å². The maximum Gasteiger partial charge on any atom is 0.417 e. The number of alkyl halides is 18. The Labute approximate surface area is 714 Å². The fourth-order valence-corrected chi connectivity index (χ4v) is 16.8. The molecular weight excluding hydrogens is 1810 g/mol. The van der Waals surface area contributed by atoms with Gasteiger partial charge in [-0.05, 0) is 107 Å². The molecule has 0 aliphatic heterocycles. The molecule has 10 heterocycles. The lowest BCUT2D eigenvalue weighted by Crippen LogP contribution is -2.15. The summed E-state index contributed by atoms with van der Waals surface area (Å²) in [6, 6.07) is 26.3. The van der Waals surface area contributed by atoms with Crippen molar-refractivity contribution in [2.24, 2.45) is 0 Å². The second-order valence-corrected chi connectivity index (χ2v) is 31.7. The number of nitrogen functional groups attached to an aromatic ring is 3. The Balaban J connectivity index is 0.000000152. The number of benzene rings is 5. The van der Waals surface area contributed by atoms with Crippen molar-refractivity contribution in [1.82, 2.24) is 55.2 Å². The van der Waals surface area contributed by atoms with Gasteiger partial charge in [0.1, 0.15) is 24.2 Å². The number of nitrogens with zero attached hydrogens (tertiary/aromatic N) is 10. The van der Waals surface area contributed by atoms with E-state index in [2.05, 4.69) is 65.8 Å². The van der Waals surface area contributed by atoms with Gasteiger partial charge in [-0.3, -0.25) is 24.0 Å². The monoisotopic (exact) mass is 1860 g/mol. The fraction of sp³-hybridized carbons (Fsp3) is 0.167. The van der Waals surface area contributed by atoms with Gasteiger partial charge in [-0.2, -0.15) is 79.0 Å². The minimum Gasteiger partial charge on any atom is -0.368 e. The number of amides is 1. The lowest BCUT2D eigenvalue weighted by molar-refractivity contribution is -0.144. The van der Waals surface area contributed by atoms with Crippen LogP contribution < -0.4 is 33.2 Å². The van der Waals surface area contributed by atoms with E-state index < -0.39 is 93.0 Å². The molecule has 0 bridgehead atoms. The van der Waals surface area contributed by atoms with E-state index in [1.807, 2.05) is 48.5 Å². The molecule has 15 aromatic rings. The molecule has 21 nitrogen and oxygen atoms in total. The number of carbonyl (C=O) groups excluding carboxylic acids is 5. The molecule has 0 saturated heterocycles. The van der Waals surface area contributed by atoms with Crippen LogP contribution in [0, 0.1) is 0 Å². The lowest BCUT2D eigenvalue weighted by Gasteiger charge is -2.16. The summed E-state index contributed by atoms with van der Waals surface area (Å²) in [5, 5.41) is 11.1. The van der Waals surface area contributed by atoms with Crippen molar-refractivity contribution >= 4 is 190 Å². The summed E-state index contributed by atoms with van der Waals surface area (Å²) in [6.45, 7) is 5.62. The molecule has 0 aliphatic rings. The first-order valence-corrected chi connectivity index (χ1v) is 39.5. The Morgan fingerprint density at radius 2 is 0.548 bits per heavy atom. The molecule has 1 amide bonds. The number of ketones is 4. The molecule has 46 heteroatoms. The third-order valence-corrected chi connectivity index (χ3v) is 23.5. The van der Waals surface area contributed by atoms with Gasteiger partial charge in [0.15, 0.2) is 23.1 Å². The SMILES string of the molecule is CC(=O)c1cc2c(-c3ccc(C(F)(F)F)cc3C(F)(F)F)nc(N)nc2s1.CC(=O)c1cc2c(-c3ccccc3Cl)nc(N)nc2s1.CNC(=O)c1cc2c(-c3ccc(C(F)(F)F)cc3C(F)(F)F)nc(N)nc2s1.CNc1nc(-c2ccc(C(F)(F)F)cc2C(F)(F)F)c2cc(C(C)=O)sc2n1.CNc1nc(-c2ccccc2Cl)c2cc(C(C)=O)sc2n1. The summed E-state index contributed by atoms with van der Waals surface area (Å²) in [6.07, 6.45) is -30.0. The summed E-state index contributed by atoms with van der Waals surface area (Å²) in [5.74, 6) is -1.22. The second kappa shape index (κ2) is 35.9. The molecule has 0 aliphatic carbocycles. The number of halogens is 20. The molecule has 5 aromatic carbocycles. The Morgan fingerprint density at radius 3 is 0.798 bits per heavy atom. The van der Waals surface area contributed by atoms with Crippen LogP contribution in [0.15, 0.2) is 133 Å². The van der Waals surface area contributed by atoms with Gasteiger partial charge in [-0.25, -0.2) is 49.8 Å². The largest absolute Gasteiger partial charge is 0.417 e. The molecule has 0 fully saturated rings.